The SMILES string of the molecule is CCOc1ccc(Br)cc1C(O)c1ccc(SC)cc1. The lowest BCUT2D eigenvalue weighted by molar-refractivity contribution is 0.212. The van der Waals surface area contributed by atoms with E-state index in [1.54, 1.807) is 11.8 Å². The Labute approximate surface area is 132 Å². The van der Waals surface area contributed by atoms with Crippen molar-refractivity contribution in [2.24, 2.45) is 0 Å². The number of ether oxygens (including phenoxy) is 1. The molecule has 0 fully saturated rings. The number of aliphatic hydroxyl groups excluding tert-OH is 1. The van der Waals surface area contributed by atoms with Crippen LogP contribution in [-0.2, 0) is 0 Å². The Kier molecular flexibility index (Phi) is 5.52. The Bertz CT molecular complexity index is 569. The third kappa shape index (κ3) is 3.57. The maximum atomic E-state index is 10.6. The minimum Gasteiger partial charge on any atom is -0.493 e. The van der Waals surface area contributed by atoms with Crippen molar-refractivity contribution in [3.63, 3.8) is 0 Å². The maximum absolute atomic E-state index is 10.6. The predicted octanol–water partition coefficient (Wildman–Crippen LogP) is 4.65. The summed E-state index contributed by atoms with van der Waals surface area (Å²) in [7, 11) is 0. The molecule has 106 valence electrons. The third-order valence-electron chi connectivity index (χ3n) is 3.00. The molecule has 2 nitrogen and oxygen atoms in total. The van der Waals surface area contributed by atoms with Crippen LogP contribution in [0.4, 0.5) is 0 Å². The molecular weight excluding hydrogens is 336 g/mol. The van der Waals surface area contributed by atoms with Crippen molar-refractivity contribution >= 4 is 27.7 Å². The van der Waals surface area contributed by atoms with Crippen LogP contribution in [0.1, 0.15) is 24.2 Å². The van der Waals surface area contributed by atoms with Crippen molar-refractivity contribution in [1.82, 2.24) is 0 Å². The summed E-state index contributed by atoms with van der Waals surface area (Å²) in [6.07, 6.45) is 1.34. The lowest BCUT2D eigenvalue weighted by Gasteiger charge is -2.16. The summed E-state index contributed by atoms with van der Waals surface area (Å²) < 4.78 is 6.52. The second-order valence-electron chi connectivity index (χ2n) is 4.29. The van der Waals surface area contributed by atoms with Crippen LogP contribution in [0.3, 0.4) is 0 Å². The summed E-state index contributed by atoms with van der Waals surface area (Å²) in [6.45, 7) is 2.51. The molecule has 2 aromatic rings. The Morgan fingerprint density at radius 3 is 2.50 bits per heavy atom. The van der Waals surface area contributed by atoms with Crippen LogP contribution in [0.2, 0.25) is 0 Å². The van der Waals surface area contributed by atoms with Crippen molar-refractivity contribution in [3.8, 4) is 5.75 Å². The molecule has 0 amide bonds. The molecule has 2 rings (SSSR count). The zero-order valence-electron chi connectivity index (χ0n) is 11.5. The Balaban J connectivity index is 2.35. The highest BCUT2D eigenvalue weighted by Gasteiger charge is 2.16. The lowest BCUT2D eigenvalue weighted by atomic mass is 10.0. The minimum atomic E-state index is -0.690. The Morgan fingerprint density at radius 2 is 1.90 bits per heavy atom. The first kappa shape index (κ1) is 15.4. The summed E-state index contributed by atoms with van der Waals surface area (Å²) in [4.78, 5) is 1.18. The standard InChI is InChI=1S/C16H17BrO2S/c1-3-19-15-9-6-12(17)10-14(15)16(18)11-4-7-13(20-2)8-5-11/h4-10,16,18H,3H2,1-2H3. The Hall–Kier alpha value is -0.970. The summed E-state index contributed by atoms with van der Waals surface area (Å²) in [5, 5.41) is 10.6. The van der Waals surface area contributed by atoms with E-state index in [0.717, 1.165) is 21.3 Å². The van der Waals surface area contributed by atoms with Crippen molar-refractivity contribution < 1.29 is 9.84 Å². The largest absolute Gasteiger partial charge is 0.493 e. The monoisotopic (exact) mass is 352 g/mol. The fourth-order valence-corrected chi connectivity index (χ4v) is 2.77. The van der Waals surface area contributed by atoms with Crippen LogP contribution in [0.5, 0.6) is 5.75 Å². The van der Waals surface area contributed by atoms with Gasteiger partial charge in [0, 0.05) is 14.9 Å². The molecule has 1 atom stereocenters. The molecule has 1 N–H and O–H groups in total. The van der Waals surface area contributed by atoms with E-state index in [1.165, 1.54) is 4.90 Å². The highest BCUT2D eigenvalue weighted by Crippen LogP contribution is 2.33. The third-order valence-corrected chi connectivity index (χ3v) is 4.23. The molecule has 0 aliphatic carbocycles. The smallest absolute Gasteiger partial charge is 0.125 e. The van der Waals surface area contributed by atoms with Gasteiger partial charge in [0.25, 0.3) is 0 Å². The van der Waals surface area contributed by atoms with Crippen molar-refractivity contribution in [2.45, 2.75) is 17.9 Å². The minimum absolute atomic E-state index is 0.576. The summed E-state index contributed by atoms with van der Waals surface area (Å²) in [6, 6.07) is 13.6. The van der Waals surface area contributed by atoms with E-state index in [2.05, 4.69) is 15.9 Å². The van der Waals surface area contributed by atoms with Crippen LogP contribution in [0, 0.1) is 0 Å². The van der Waals surface area contributed by atoms with Gasteiger partial charge >= 0.3 is 0 Å². The fraction of sp³-hybridized carbons (Fsp3) is 0.250. The lowest BCUT2D eigenvalue weighted by Crippen LogP contribution is -2.04. The number of halogens is 1. The number of aliphatic hydroxyl groups is 1. The predicted molar refractivity (Wildman–Crippen MR) is 87.6 cm³/mol. The molecule has 0 saturated heterocycles. The van der Waals surface area contributed by atoms with Crippen LogP contribution in [0.25, 0.3) is 0 Å². The van der Waals surface area contributed by atoms with Gasteiger partial charge in [-0.25, -0.2) is 0 Å². The van der Waals surface area contributed by atoms with E-state index < -0.39 is 6.10 Å². The molecular formula is C16H17BrO2S. The molecule has 0 aromatic heterocycles. The average Bonchev–Trinajstić information content (AvgIpc) is 2.48. The molecule has 0 spiro atoms. The van der Waals surface area contributed by atoms with Gasteiger partial charge in [-0.2, -0.15) is 0 Å². The van der Waals surface area contributed by atoms with Gasteiger partial charge in [-0.05, 0) is 49.1 Å². The van der Waals surface area contributed by atoms with Crippen LogP contribution in [-0.4, -0.2) is 18.0 Å². The zero-order valence-corrected chi connectivity index (χ0v) is 13.9. The van der Waals surface area contributed by atoms with Gasteiger partial charge < -0.3 is 9.84 Å². The van der Waals surface area contributed by atoms with E-state index in [4.69, 9.17) is 4.74 Å². The van der Waals surface area contributed by atoms with Crippen molar-refractivity contribution in [1.29, 1.82) is 0 Å². The number of thioether (sulfide) groups is 1. The van der Waals surface area contributed by atoms with Gasteiger partial charge in [-0.15, -0.1) is 11.8 Å². The van der Waals surface area contributed by atoms with Gasteiger partial charge in [-0.3, -0.25) is 0 Å². The second kappa shape index (κ2) is 7.16. The van der Waals surface area contributed by atoms with Crippen LogP contribution >= 0.6 is 27.7 Å². The molecule has 20 heavy (non-hydrogen) atoms. The molecule has 0 aliphatic heterocycles. The van der Waals surface area contributed by atoms with Crippen molar-refractivity contribution in [3.05, 3.63) is 58.1 Å². The molecule has 0 heterocycles. The number of rotatable bonds is 5. The highest BCUT2D eigenvalue weighted by molar-refractivity contribution is 9.10. The fourth-order valence-electron chi connectivity index (χ4n) is 1.99. The summed E-state index contributed by atoms with van der Waals surface area (Å²) in [5.74, 6) is 0.720. The summed E-state index contributed by atoms with van der Waals surface area (Å²) in [5.41, 5.74) is 1.64. The zero-order chi connectivity index (χ0) is 14.5. The molecule has 2 aromatic carbocycles. The first-order valence-corrected chi connectivity index (χ1v) is 8.41. The van der Waals surface area contributed by atoms with E-state index in [0.29, 0.717) is 6.61 Å². The summed E-state index contributed by atoms with van der Waals surface area (Å²) >= 11 is 5.13. The van der Waals surface area contributed by atoms with Gasteiger partial charge in [0.1, 0.15) is 11.9 Å². The molecule has 0 radical (unpaired) electrons. The molecule has 4 heteroatoms. The molecule has 1 unspecified atom stereocenters. The van der Waals surface area contributed by atoms with Gasteiger partial charge in [0.15, 0.2) is 0 Å². The first-order chi connectivity index (χ1) is 9.65. The van der Waals surface area contributed by atoms with E-state index >= 15 is 0 Å². The van der Waals surface area contributed by atoms with Crippen LogP contribution in [0.15, 0.2) is 51.8 Å². The molecule has 0 bridgehead atoms. The Morgan fingerprint density at radius 1 is 1.20 bits per heavy atom. The maximum Gasteiger partial charge on any atom is 0.125 e. The topological polar surface area (TPSA) is 29.5 Å². The van der Waals surface area contributed by atoms with E-state index in [1.807, 2.05) is 55.6 Å². The van der Waals surface area contributed by atoms with Gasteiger partial charge in [-0.1, -0.05) is 28.1 Å². The average molecular weight is 353 g/mol. The number of hydrogen-bond donors (Lipinski definition) is 1. The van der Waals surface area contributed by atoms with E-state index in [-0.39, 0.29) is 0 Å². The number of hydrogen-bond acceptors (Lipinski definition) is 3. The van der Waals surface area contributed by atoms with Crippen LogP contribution < -0.4 is 4.74 Å². The van der Waals surface area contributed by atoms with E-state index in [9.17, 15) is 5.11 Å². The molecule has 0 aliphatic rings. The normalized spacial score (nSPS) is 12.2. The van der Waals surface area contributed by atoms with Crippen molar-refractivity contribution in [2.75, 3.05) is 12.9 Å². The highest BCUT2D eigenvalue weighted by atomic mass is 79.9. The molecule has 0 saturated carbocycles. The number of benzene rings is 2. The second-order valence-corrected chi connectivity index (χ2v) is 6.09. The van der Waals surface area contributed by atoms with Gasteiger partial charge in [0.05, 0.1) is 6.61 Å². The quantitative estimate of drug-likeness (QED) is 0.794. The first-order valence-electron chi connectivity index (χ1n) is 6.40. The van der Waals surface area contributed by atoms with Gasteiger partial charge in [0.2, 0.25) is 0 Å².